The maximum absolute atomic E-state index is 5.08. The van der Waals surface area contributed by atoms with Gasteiger partial charge in [-0.25, -0.2) is 0 Å². The molecule has 0 aromatic heterocycles. The summed E-state index contributed by atoms with van der Waals surface area (Å²) < 4.78 is 9.71. The van der Waals surface area contributed by atoms with Gasteiger partial charge in [-0.1, -0.05) is 39.5 Å². The molecule has 0 saturated carbocycles. The van der Waals surface area contributed by atoms with Crippen LogP contribution >= 0.6 is 24.4 Å². The van der Waals surface area contributed by atoms with Gasteiger partial charge in [-0.3, -0.25) is 0 Å². The minimum Gasteiger partial charge on any atom is -1.00 e. The standard InChI is InChI=1S/2C6H13NOS.Na.H/c2*1-2-3-4-5-8-6(7)9;;/h2*2-5H2,1H3,(H2,7,9);;/q;;+1;-1. The third-order valence-electron chi connectivity index (χ3n) is 1.98. The van der Waals surface area contributed by atoms with Crippen molar-refractivity contribution in [1.29, 1.82) is 0 Å². The molecule has 0 fully saturated rings. The van der Waals surface area contributed by atoms with Crippen LogP contribution < -0.4 is 41.0 Å². The molecule has 7 heteroatoms. The molecule has 110 valence electrons. The van der Waals surface area contributed by atoms with Gasteiger partial charge in [0.2, 0.25) is 0 Å². The van der Waals surface area contributed by atoms with Gasteiger partial charge in [-0.2, -0.15) is 0 Å². The fourth-order valence-corrected chi connectivity index (χ4v) is 1.22. The molecule has 0 spiro atoms. The predicted octanol–water partition coefficient (Wildman–Crippen LogP) is -0.00990. The monoisotopic (exact) mass is 318 g/mol. The molecule has 0 aromatic rings. The van der Waals surface area contributed by atoms with Crippen LogP contribution in [0.25, 0.3) is 0 Å². The minimum absolute atomic E-state index is 0. The largest absolute Gasteiger partial charge is 1.00 e. The van der Waals surface area contributed by atoms with Crippen molar-refractivity contribution in [2.45, 2.75) is 52.4 Å². The third kappa shape index (κ3) is 32.2. The molecule has 4 N–H and O–H groups in total. The molecule has 0 aliphatic rings. The number of thiocarbonyl (C=S) groups is 2. The summed E-state index contributed by atoms with van der Waals surface area (Å²) in [7, 11) is 0. The molecule has 0 radical (unpaired) electrons. The normalized spacial score (nSPS) is 8.53. The van der Waals surface area contributed by atoms with Crippen LogP contribution in [0.2, 0.25) is 0 Å². The van der Waals surface area contributed by atoms with Crippen LogP contribution in [-0.2, 0) is 9.47 Å². The summed E-state index contributed by atoms with van der Waals surface area (Å²) in [6, 6.07) is 0. The summed E-state index contributed by atoms with van der Waals surface area (Å²) in [6.45, 7) is 5.62. The van der Waals surface area contributed by atoms with Gasteiger partial charge in [0.05, 0.1) is 13.2 Å². The molecule has 0 aliphatic heterocycles. The summed E-state index contributed by atoms with van der Waals surface area (Å²) in [5, 5.41) is 0.317. The summed E-state index contributed by atoms with van der Waals surface area (Å²) in [5.74, 6) is 0. The quantitative estimate of drug-likeness (QED) is 0.373. The fourth-order valence-electron chi connectivity index (χ4n) is 1.05. The summed E-state index contributed by atoms with van der Waals surface area (Å²) in [5.41, 5.74) is 10.2. The Balaban J connectivity index is -0.000000116. The van der Waals surface area contributed by atoms with E-state index < -0.39 is 0 Å². The summed E-state index contributed by atoms with van der Waals surface area (Å²) in [4.78, 5) is 0. The van der Waals surface area contributed by atoms with E-state index >= 15 is 0 Å². The van der Waals surface area contributed by atoms with Crippen molar-refractivity contribution in [3.8, 4) is 0 Å². The number of unbranched alkanes of at least 4 members (excludes halogenated alkanes) is 4. The van der Waals surface area contributed by atoms with Gasteiger partial charge in [-0.05, 0) is 37.3 Å². The molecule has 0 atom stereocenters. The predicted molar refractivity (Wildman–Crippen MR) is 85.6 cm³/mol. The Bertz CT molecular complexity index is 204. The molecule has 0 aromatic carbocycles. The fraction of sp³-hybridized carbons (Fsp3) is 0.833. The number of nitrogens with two attached hydrogens (primary N) is 2. The van der Waals surface area contributed by atoms with Crippen LogP contribution in [0.15, 0.2) is 0 Å². The van der Waals surface area contributed by atoms with E-state index in [1.54, 1.807) is 0 Å². The Kier molecular flexibility index (Phi) is 26.6. The van der Waals surface area contributed by atoms with E-state index in [4.69, 9.17) is 20.9 Å². The van der Waals surface area contributed by atoms with Crippen LogP contribution in [0.1, 0.15) is 53.8 Å². The molecule has 19 heavy (non-hydrogen) atoms. The van der Waals surface area contributed by atoms with Gasteiger partial charge in [0, 0.05) is 0 Å². The molecule has 4 nitrogen and oxygen atoms in total. The van der Waals surface area contributed by atoms with Crippen LogP contribution in [0.4, 0.5) is 0 Å². The zero-order chi connectivity index (χ0) is 14.2. The second-order valence-corrected chi connectivity index (χ2v) is 4.55. The Morgan fingerprint density at radius 1 is 0.842 bits per heavy atom. The van der Waals surface area contributed by atoms with E-state index in [-0.39, 0.29) is 41.3 Å². The topological polar surface area (TPSA) is 70.5 Å². The number of rotatable bonds is 8. The molecule has 0 aliphatic carbocycles. The van der Waals surface area contributed by atoms with Crippen molar-refractivity contribution in [3.05, 3.63) is 0 Å². The minimum atomic E-state index is 0. The average Bonchev–Trinajstić information content (AvgIpc) is 2.31. The van der Waals surface area contributed by atoms with Gasteiger partial charge in [0.1, 0.15) is 0 Å². The van der Waals surface area contributed by atoms with Crippen molar-refractivity contribution >= 4 is 34.8 Å². The first-order valence-corrected chi connectivity index (χ1v) is 7.20. The summed E-state index contributed by atoms with van der Waals surface area (Å²) >= 11 is 9.00. The second-order valence-electron chi connectivity index (χ2n) is 3.75. The zero-order valence-electron chi connectivity index (χ0n) is 13.4. The summed E-state index contributed by atoms with van der Waals surface area (Å²) in [6.07, 6.45) is 6.86. The van der Waals surface area contributed by atoms with Crippen LogP contribution in [0, 0.1) is 0 Å². The molecule has 0 amide bonds. The smallest absolute Gasteiger partial charge is 1.00 e. The van der Waals surface area contributed by atoms with E-state index in [1.807, 2.05) is 0 Å². The maximum atomic E-state index is 5.08. The van der Waals surface area contributed by atoms with Crippen LogP contribution in [-0.4, -0.2) is 23.6 Å². The zero-order valence-corrected chi connectivity index (χ0v) is 16.1. The van der Waals surface area contributed by atoms with Gasteiger partial charge in [-0.15, -0.1) is 0 Å². The van der Waals surface area contributed by atoms with Crippen molar-refractivity contribution in [2.75, 3.05) is 13.2 Å². The van der Waals surface area contributed by atoms with Crippen molar-refractivity contribution < 1.29 is 40.5 Å². The Morgan fingerprint density at radius 2 is 1.16 bits per heavy atom. The van der Waals surface area contributed by atoms with E-state index in [9.17, 15) is 0 Å². The van der Waals surface area contributed by atoms with E-state index in [2.05, 4.69) is 38.3 Å². The van der Waals surface area contributed by atoms with E-state index in [0.717, 1.165) is 12.8 Å². The first-order chi connectivity index (χ1) is 8.54. The molecule has 0 heterocycles. The van der Waals surface area contributed by atoms with E-state index in [1.165, 1.54) is 25.7 Å². The maximum Gasteiger partial charge on any atom is 1.00 e. The molecular formula is C12H27N2NaO2S2. The molecule has 0 rings (SSSR count). The van der Waals surface area contributed by atoms with Crippen molar-refractivity contribution in [2.24, 2.45) is 11.5 Å². The van der Waals surface area contributed by atoms with Crippen LogP contribution in [0.5, 0.6) is 0 Å². The number of ether oxygens (including phenoxy) is 2. The van der Waals surface area contributed by atoms with Gasteiger partial charge < -0.3 is 22.4 Å². The number of hydrogen-bond acceptors (Lipinski definition) is 4. The van der Waals surface area contributed by atoms with Gasteiger partial charge in [0.25, 0.3) is 10.3 Å². The second kappa shape index (κ2) is 20.7. The molecule has 0 saturated heterocycles. The van der Waals surface area contributed by atoms with Gasteiger partial charge >= 0.3 is 29.6 Å². The van der Waals surface area contributed by atoms with Crippen molar-refractivity contribution in [3.63, 3.8) is 0 Å². The van der Waals surface area contributed by atoms with Gasteiger partial charge in [0.15, 0.2) is 0 Å². The Labute approximate surface area is 151 Å². The first-order valence-electron chi connectivity index (χ1n) is 6.39. The van der Waals surface area contributed by atoms with E-state index in [0.29, 0.717) is 13.2 Å². The third-order valence-corrected chi connectivity index (χ3v) is 2.22. The first kappa shape index (κ1) is 24.4. The SMILES string of the molecule is CCCCCOC(N)=S.CCCCCOC(N)=S.[H-].[Na+]. The average molecular weight is 318 g/mol. The molecule has 0 unspecified atom stereocenters. The Morgan fingerprint density at radius 3 is 1.37 bits per heavy atom. The molecule has 0 bridgehead atoms. The number of hydrogen-bond donors (Lipinski definition) is 2. The van der Waals surface area contributed by atoms with Crippen LogP contribution in [0.3, 0.4) is 0 Å². The molecular weight excluding hydrogens is 291 g/mol. The Hall–Kier alpha value is 0.380. The van der Waals surface area contributed by atoms with Crippen molar-refractivity contribution in [1.82, 2.24) is 0 Å².